The summed E-state index contributed by atoms with van der Waals surface area (Å²) in [6.07, 6.45) is 3.08. The number of H-pyrrole nitrogens is 1. The Morgan fingerprint density at radius 3 is 2.52 bits per heavy atom. The van der Waals surface area contributed by atoms with E-state index in [2.05, 4.69) is 9.97 Å². The van der Waals surface area contributed by atoms with Gasteiger partial charge in [-0.2, -0.15) is 0 Å². The van der Waals surface area contributed by atoms with Crippen LogP contribution >= 0.6 is 0 Å². The van der Waals surface area contributed by atoms with Gasteiger partial charge in [-0.05, 0) is 12.8 Å². The van der Waals surface area contributed by atoms with E-state index in [1.54, 1.807) is 11.1 Å². The molecule has 126 valence electrons. The summed E-state index contributed by atoms with van der Waals surface area (Å²) in [5.41, 5.74) is 0.521. The van der Waals surface area contributed by atoms with Crippen LogP contribution in [0.5, 0.6) is 0 Å². The van der Waals surface area contributed by atoms with Crippen molar-refractivity contribution in [3.63, 3.8) is 0 Å². The second-order valence-electron chi connectivity index (χ2n) is 6.46. The average molecular weight is 320 g/mol. The van der Waals surface area contributed by atoms with Crippen molar-refractivity contribution in [1.29, 1.82) is 0 Å². The zero-order chi connectivity index (χ0) is 16.4. The molecule has 7 heteroatoms. The monoisotopic (exact) mass is 320 g/mol. The van der Waals surface area contributed by atoms with E-state index in [9.17, 15) is 9.59 Å². The number of hydrogen-bond donors (Lipinski definition) is 1. The predicted octanol–water partition coefficient (Wildman–Crippen LogP) is 0.996. The number of ether oxygens (including phenoxy) is 1. The summed E-state index contributed by atoms with van der Waals surface area (Å²) >= 11 is 0. The van der Waals surface area contributed by atoms with Gasteiger partial charge in [-0.25, -0.2) is 4.98 Å². The van der Waals surface area contributed by atoms with Gasteiger partial charge in [-0.3, -0.25) is 9.59 Å². The van der Waals surface area contributed by atoms with Crippen LogP contribution < -0.4 is 0 Å². The van der Waals surface area contributed by atoms with Crippen molar-refractivity contribution in [2.75, 3.05) is 32.8 Å². The van der Waals surface area contributed by atoms with Crippen LogP contribution in [0, 0.1) is 0 Å². The van der Waals surface area contributed by atoms with Crippen LogP contribution in [0.2, 0.25) is 0 Å². The largest absolute Gasteiger partial charge is 0.368 e. The molecule has 0 aliphatic carbocycles. The Balaban J connectivity index is 1.55. The van der Waals surface area contributed by atoms with Crippen molar-refractivity contribution in [3.8, 4) is 0 Å². The number of carbonyl (C=O) groups is 2. The third kappa shape index (κ3) is 3.39. The lowest BCUT2D eigenvalue weighted by Gasteiger charge is -2.35. The Bertz CT molecular complexity index is 570. The molecule has 3 heterocycles. The van der Waals surface area contributed by atoms with Crippen LogP contribution in [-0.4, -0.2) is 70.5 Å². The number of hydrogen-bond acceptors (Lipinski definition) is 4. The van der Waals surface area contributed by atoms with Gasteiger partial charge in [0.15, 0.2) is 0 Å². The smallest absolute Gasteiger partial charge is 0.272 e. The van der Waals surface area contributed by atoms with Gasteiger partial charge >= 0.3 is 0 Å². The number of carbonyl (C=O) groups excluding carboxylic acids is 2. The van der Waals surface area contributed by atoms with Gasteiger partial charge in [-0.15, -0.1) is 0 Å². The minimum Gasteiger partial charge on any atom is -0.368 e. The fourth-order valence-electron chi connectivity index (χ4n) is 3.02. The van der Waals surface area contributed by atoms with E-state index in [0.29, 0.717) is 38.5 Å². The molecule has 1 N–H and O–H groups in total. The highest BCUT2D eigenvalue weighted by Gasteiger charge is 2.31. The van der Waals surface area contributed by atoms with E-state index in [-0.39, 0.29) is 23.8 Å². The van der Waals surface area contributed by atoms with E-state index in [1.165, 1.54) is 0 Å². The number of aromatic nitrogens is 2. The van der Waals surface area contributed by atoms with Crippen LogP contribution in [0.15, 0.2) is 6.20 Å². The summed E-state index contributed by atoms with van der Waals surface area (Å²) < 4.78 is 5.45. The highest BCUT2D eigenvalue weighted by atomic mass is 16.5. The highest BCUT2D eigenvalue weighted by molar-refractivity contribution is 5.92. The maximum Gasteiger partial charge on any atom is 0.272 e. The molecule has 2 amide bonds. The Morgan fingerprint density at radius 2 is 1.96 bits per heavy atom. The van der Waals surface area contributed by atoms with Gasteiger partial charge < -0.3 is 19.5 Å². The molecule has 0 bridgehead atoms. The van der Waals surface area contributed by atoms with E-state index in [1.807, 2.05) is 18.7 Å². The molecule has 7 nitrogen and oxygen atoms in total. The third-order valence-corrected chi connectivity index (χ3v) is 4.46. The maximum absolute atomic E-state index is 12.5. The first-order valence-electron chi connectivity index (χ1n) is 8.31. The second kappa shape index (κ2) is 6.70. The summed E-state index contributed by atoms with van der Waals surface area (Å²) in [6.45, 7) is 6.96. The zero-order valence-corrected chi connectivity index (χ0v) is 13.7. The number of imidazole rings is 1. The van der Waals surface area contributed by atoms with Crippen LogP contribution in [0.3, 0.4) is 0 Å². The summed E-state index contributed by atoms with van der Waals surface area (Å²) in [4.78, 5) is 35.7. The molecule has 3 rings (SSSR count). The van der Waals surface area contributed by atoms with Crippen molar-refractivity contribution in [2.45, 2.75) is 38.7 Å². The van der Waals surface area contributed by atoms with Gasteiger partial charge in [0.1, 0.15) is 17.6 Å². The lowest BCUT2D eigenvalue weighted by Crippen LogP contribution is -2.52. The lowest BCUT2D eigenvalue weighted by atomic mass is 10.2. The molecular weight excluding hydrogens is 296 g/mol. The summed E-state index contributed by atoms with van der Waals surface area (Å²) in [5.74, 6) is 1.10. The second-order valence-corrected chi connectivity index (χ2v) is 6.46. The van der Waals surface area contributed by atoms with Crippen molar-refractivity contribution in [2.24, 2.45) is 0 Å². The minimum atomic E-state index is -0.279. The molecule has 0 spiro atoms. The van der Waals surface area contributed by atoms with Crippen molar-refractivity contribution in [3.05, 3.63) is 17.7 Å². The van der Waals surface area contributed by atoms with Gasteiger partial charge in [0.05, 0.1) is 6.20 Å². The normalized spacial score (nSPS) is 22.0. The van der Waals surface area contributed by atoms with Gasteiger partial charge in [0, 0.05) is 38.7 Å². The molecule has 0 saturated carbocycles. The number of nitrogens with one attached hydrogen (secondary N) is 1. The van der Waals surface area contributed by atoms with E-state index in [4.69, 9.17) is 4.74 Å². The standard InChI is InChI=1S/C16H24N4O3/c1-11(2)14-17-10-12(18-14)15(21)19-5-7-20(8-6-19)16(22)13-4-3-9-23-13/h10-11,13H,3-9H2,1-2H3,(H,17,18)/t13-/m0/s1. The Kier molecular flexibility index (Phi) is 4.66. The molecule has 2 saturated heterocycles. The van der Waals surface area contributed by atoms with Gasteiger partial charge in [-0.1, -0.05) is 13.8 Å². The molecule has 2 fully saturated rings. The molecular formula is C16H24N4O3. The van der Waals surface area contributed by atoms with Crippen molar-refractivity contribution >= 4 is 11.8 Å². The van der Waals surface area contributed by atoms with Crippen molar-refractivity contribution in [1.82, 2.24) is 19.8 Å². The summed E-state index contributed by atoms with van der Waals surface area (Å²) in [6, 6.07) is 0. The number of aromatic amines is 1. The summed E-state index contributed by atoms with van der Waals surface area (Å²) in [7, 11) is 0. The van der Waals surface area contributed by atoms with Gasteiger partial charge in [0.2, 0.25) is 0 Å². The Hall–Kier alpha value is -1.89. The Morgan fingerprint density at radius 1 is 1.26 bits per heavy atom. The maximum atomic E-state index is 12.5. The molecule has 0 aromatic carbocycles. The molecule has 1 aromatic rings. The van der Waals surface area contributed by atoms with Crippen LogP contribution in [0.25, 0.3) is 0 Å². The van der Waals surface area contributed by atoms with Crippen LogP contribution in [0.1, 0.15) is 48.9 Å². The molecule has 1 aromatic heterocycles. The fourth-order valence-corrected chi connectivity index (χ4v) is 3.02. The third-order valence-electron chi connectivity index (χ3n) is 4.46. The molecule has 2 aliphatic rings. The first-order valence-corrected chi connectivity index (χ1v) is 8.31. The number of nitrogens with zero attached hydrogens (tertiary/aromatic N) is 3. The zero-order valence-electron chi connectivity index (χ0n) is 13.7. The van der Waals surface area contributed by atoms with Crippen LogP contribution in [0.4, 0.5) is 0 Å². The van der Waals surface area contributed by atoms with Crippen molar-refractivity contribution < 1.29 is 14.3 Å². The molecule has 2 aliphatic heterocycles. The minimum absolute atomic E-state index is 0.0476. The topological polar surface area (TPSA) is 78.5 Å². The van der Waals surface area contributed by atoms with Gasteiger partial charge in [0.25, 0.3) is 11.8 Å². The van der Waals surface area contributed by atoms with Crippen LogP contribution in [-0.2, 0) is 9.53 Å². The average Bonchev–Trinajstić information content (AvgIpc) is 3.25. The fraction of sp³-hybridized carbons (Fsp3) is 0.688. The highest BCUT2D eigenvalue weighted by Crippen LogP contribution is 2.17. The predicted molar refractivity (Wildman–Crippen MR) is 84.1 cm³/mol. The SMILES string of the molecule is CC(C)c1ncc(C(=O)N2CCN(C(=O)[C@@H]3CCCO3)CC2)[nH]1. The number of piperazine rings is 1. The lowest BCUT2D eigenvalue weighted by molar-refractivity contribution is -0.142. The Labute approximate surface area is 136 Å². The first-order chi connectivity index (χ1) is 11.1. The van der Waals surface area contributed by atoms with E-state index < -0.39 is 0 Å². The molecule has 0 unspecified atom stereocenters. The first kappa shape index (κ1) is 16.0. The molecule has 0 radical (unpaired) electrons. The number of amides is 2. The number of rotatable bonds is 3. The quantitative estimate of drug-likeness (QED) is 0.901. The van der Waals surface area contributed by atoms with E-state index in [0.717, 1.165) is 18.7 Å². The molecule has 23 heavy (non-hydrogen) atoms. The molecule has 1 atom stereocenters. The summed E-state index contributed by atoms with van der Waals surface area (Å²) in [5, 5.41) is 0. The van der Waals surface area contributed by atoms with E-state index >= 15 is 0 Å².